The van der Waals surface area contributed by atoms with Gasteiger partial charge < -0.3 is 20.5 Å². The van der Waals surface area contributed by atoms with Gasteiger partial charge >= 0.3 is 0 Å². The second-order valence-electron chi connectivity index (χ2n) is 3.62. The Labute approximate surface area is 119 Å². The lowest BCUT2D eigenvalue weighted by Crippen LogP contribution is -2.29. The van der Waals surface area contributed by atoms with Crippen LogP contribution in [0.25, 0.3) is 0 Å². The zero-order chi connectivity index (χ0) is 14.3. The molecule has 0 unspecified atom stereocenters. The highest BCUT2D eigenvalue weighted by molar-refractivity contribution is 9.10. The molecule has 0 heterocycles. The van der Waals surface area contributed by atoms with Crippen LogP contribution in [-0.2, 0) is 9.53 Å². The van der Waals surface area contributed by atoms with Crippen molar-refractivity contribution in [2.45, 2.75) is 0 Å². The number of primary amides is 1. The van der Waals surface area contributed by atoms with E-state index in [4.69, 9.17) is 15.2 Å². The number of hydrogen-bond donors (Lipinski definition) is 2. The van der Waals surface area contributed by atoms with E-state index in [0.29, 0.717) is 11.3 Å². The summed E-state index contributed by atoms with van der Waals surface area (Å²) in [7, 11) is 1.49. The molecule has 1 aromatic carbocycles. The molecule has 0 saturated carbocycles. The Kier molecular flexibility index (Phi) is 6.31. The minimum atomic E-state index is -0.541. The van der Waals surface area contributed by atoms with E-state index in [9.17, 15) is 9.59 Å². The van der Waals surface area contributed by atoms with Crippen molar-refractivity contribution < 1.29 is 19.1 Å². The summed E-state index contributed by atoms with van der Waals surface area (Å²) in [4.78, 5) is 22.3. The number of methoxy groups -OCH3 is 1. The number of carbonyl (C=O) groups is 2. The maximum atomic E-state index is 11.9. The number of hydrogen-bond acceptors (Lipinski definition) is 4. The number of nitrogens with two attached hydrogens (primary N) is 1. The third-order valence-electron chi connectivity index (χ3n) is 2.18. The van der Waals surface area contributed by atoms with Gasteiger partial charge in [-0.15, -0.1) is 0 Å². The van der Waals surface area contributed by atoms with E-state index in [2.05, 4.69) is 21.2 Å². The number of halogens is 1. The van der Waals surface area contributed by atoms with E-state index in [1.54, 1.807) is 18.2 Å². The zero-order valence-corrected chi connectivity index (χ0v) is 12.0. The third-order valence-corrected chi connectivity index (χ3v) is 2.68. The van der Waals surface area contributed by atoms with Gasteiger partial charge in [-0.2, -0.15) is 0 Å². The Morgan fingerprint density at radius 3 is 2.79 bits per heavy atom. The average molecular weight is 331 g/mol. The summed E-state index contributed by atoms with van der Waals surface area (Å²) in [5, 5.41) is 2.66. The first-order valence-corrected chi connectivity index (χ1v) is 6.31. The zero-order valence-electron chi connectivity index (χ0n) is 10.4. The predicted octanol–water partition coefficient (Wildman–Crippen LogP) is 0.689. The van der Waals surface area contributed by atoms with Crippen molar-refractivity contribution in [2.75, 3.05) is 26.9 Å². The van der Waals surface area contributed by atoms with Gasteiger partial charge in [0.05, 0.1) is 19.3 Å². The Hall–Kier alpha value is -1.60. The Bertz CT molecular complexity index is 465. The van der Waals surface area contributed by atoms with Crippen molar-refractivity contribution in [2.24, 2.45) is 5.73 Å². The molecule has 19 heavy (non-hydrogen) atoms. The maximum Gasteiger partial charge on any atom is 0.255 e. The van der Waals surface area contributed by atoms with Gasteiger partial charge in [0.25, 0.3) is 5.91 Å². The van der Waals surface area contributed by atoms with Crippen LogP contribution in [-0.4, -0.2) is 38.7 Å². The van der Waals surface area contributed by atoms with Crippen LogP contribution in [0.4, 0.5) is 0 Å². The first-order valence-electron chi connectivity index (χ1n) is 5.52. The summed E-state index contributed by atoms with van der Waals surface area (Å²) in [6.07, 6.45) is 0. The molecule has 0 aliphatic carbocycles. The van der Waals surface area contributed by atoms with Gasteiger partial charge in [0.1, 0.15) is 12.4 Å². The lowest BCUT2D eigenvalue weighted by Gasteiger charge is -2.09. The van der Waals surface area contributed by atoms with Crippen LogP contribution in [0.2, 0.25) is 0 Å². The van der Waals surface area contributed by atoms with Gasteiger partial charge in [-0.3, -0.25) is 9.59 Å². The summed E-state index contributed by atoms with van der Waals surface area (Å²) in [6, 6.07) is 5.11. The van der Waals surface area contributed by atoms with Crippen molar-refractivity contribution in [3.63, 3.8) is 0 Å². The Balaban J connectivity index is 2.47. The summed E-state index contributed by atoms with van der Waals surface area (Å²) in [5.41, 5.74) is 5.34. The van der Waals surface area contributed by atoms with E-state index in [1.807, 2.05) is 0 Å². The molecule has 0 atom stereocenters. The molecule has 0 radical (unpaired) electrons. The van der Waals surface area contributed by atoms with Gasteiger partial charge in [0, 0.05) is 11.0 Å². The first kappa shape index (κ1) is 15.5. The van der Waals surface area contributed by atoms with Gasteiger partial charge in [-0.05, 0) is 18.2 Å². The predicted molar refractivity (Wildman–Crippen MR) is 73.0 cm³/mol. The minimum absolute atomic E-state index is 0.155. The van der Waals surface area contributed by atoms with Gasteiger partial charge in [0.2, 0.25) is 5.91 Å². The van der Waals surface area contributed by atoms with Crippen LogP contribution in [0.3, 0.4) is 0 Å². The molecule has 104 valence electrons. The van der Waals surface area contributed by atoms with E-state index < -0.39 is 5.91 Å². The topological polar surface area (TPSA) is 90.7 Å². The van der Waals surface area contributed by atoms with Gasteiger partial charge in [0.15, 0.2) is 0 Å². The highest BCUT2D eigenvalue weighted by atomic mass is 79.9. The average Bonchev–Trinajstić information content (AvgIpc) is 2.37. The number of ether oxygens (including phenoxy) is 2. The number of amides is 2. The summed E-state index contributed by atoms with van der Waals surface area (Å²) in [5.74, 6) is -0.335. The maximum absolute atomic E-state index is 11.9. The second-order valence-corrected chi connectivity index (χ2v) is 4.54. The molecule has 1 aromatic rings. The summed E-state index contributed by atoms with van der Waals surface area (Å²) in [6.45, 7) is 0.344. The van der Waals surface area contributed by atoms with E-state index >= 15 is 0 Å². The molecule has 2 amide bonds. The van der Waals surface area contributed by atoms with Crippen molar-refractivity contribution in [1.29, 1.82) is 0 Å². The largest absolute Gasteiger partial charge is 0.496 e. The highest BCUT2D eigenvalue weighted by Gasteiger charge is 2.11. The summed E-state index contributed by atoms with van der Waals surface area (Å²) >= 11 is 3.30. The van der Waals surface area contributed by atoms with Crippen molar-refractivity contribution in [3.8, 4) is 5.75 Å². The van der Waals surface area contributed by atoms with Gasteiger partial charge in [-0.25, -0.2) is 0 Å². The van der Waals surface area contributed by atoms with Crippen molar-refractivity contribution >= 4 is 27.7 Å². The number of carbonyl (C=O) groups excluding carboxylic acids is 2. The van der Waals surface area contributed by atoms with Crippen molar-refractivity contribution in [3.05, 3.63) is 28.2 Å². The smallest absolute Gasteiger partial charge is 0.255 e. The highest BCUT2D eigenvalue weighted by Crippen LogP contribution is 2.23. The fourth-order valence-electron chi connectivity index (χ4n) is 1.36. The number of benzene rings is 1. The molecular formula is C12H15BrN2O4. The minimum Gasteiger partial charge on any atom is -0.496 e. The van der Waals surface area contributed by atoms with Crippen LogP contribution in [0.1, 0.15) is 10.4 Å². The lowest BCUT2D eigenvalue weighted by atomic mass is 10.2. The molecule has 0 aliphatic rings. The first-order chi connectivity index (χ1) is 9.04. The SMILES string of the molecule is COc1cc(Br)ccc1C(=O)NCCOCC(N)=O. The monoisotopic (exact) mass is 330 g/mol. The fraction of sp³-hybridized carbons (Fsp3) is 0.333. The van der Waals surface area contributed by atoms with Gasteiger partial charge in [-0.1, -0.05) is 15.9 Å². The molecule has 0 aliphatic heterocycles. The molecule has 0 bridgehead atoms. The van der Waals surface area contributed by atoms with Crippen LogP contribution in [0.15, 0.2) is 22.7 Å². The van der Waals surface area contributed by atoms with E-state index in [0.717, 1.165) is 4.47 Å². The lowest BCUT2D eigenvalue weighted by molar-refractivity contribution is -0.122. The standard InChI is InChI=1S/C12H15BrN2O4/c1-18-10-6-8(13)2-3-9(10)12(17)15-4-5-19-7-11(14)16/h2-3,6H,4-5,7H2,1H3,(H2,14,16)(H,15,17). The number of rotatable bonds is 7. The molecule has 0 aromatic heterocycles. The Morgan fingerprint density at radius 2 is 2.16 bits per heavy atom. The molecule has 0 fully saturated rings. The second kappa shape index (κ2) is 7.75. The number of nitrogens with one attached hydrogen (secondary N) is 1. The third kappa shape index (κ3) is 5.27. The quantitative estimate of drug-likeness (QED) is 0.719. The van der Waals surface area contributed by atoms with Crippen LogP contribution >= 0.6 is 15.9 Å². The van der Waals surface area contributed by atoms with E-state index in [-0.39, 0.29) is 25.7 Å². The van der Waals surface area contributed by atoms with E-state index in [1.165, 1.54) is 7.11 Å². The molecule has 1 rings (SSSR count). The normalized spacial score (nSPS) is 10.0. The van der Waals surface area contributed by atoms with Crippen LogP contribution < -0.4 is 15.8 Å². The molecule has 3 N–H and O–H groups in total. The Morgan fingerprint density at radius 1 is 1.42 bits per heavy atom. The van der Waals surface area contributed by atoms with Crippen LogP contribution in [0, 0.1) is 0 Å². The molecule has 6 nitrogen and oxygen atoms in total. The molecular weight excluding hydrogens is 316 g/mol. The summed E-state index contributed by atoms with van der Waals surface area (Å²) < 4.78 is 10.9. The van der Waals surface area contributed by atoms with Crippen molar-refractivity contribution in [1.82, 2.24) is 5.32 Å². The molecule has 0 spiro atoms. The molecule has 7 heteroatoms. The molecule has 0 saturated heterocycles. The fourth-order valence-corrected chi connectivity index (χ4v) is 1.70. The van der Waals surface area contributed by atoms with Crippen LogP contribution in [0.5, 0.6) is 5.75 Å².